The predicted molar refractivity (Wildman–Crippen MR) is 114 cm³/mol. The molecule has 2 aromatic carbocycles. The SMILES string of the molecule is COc1cc(F)ccc1S(=O)(=O)NCCNc1nc(-c2ccco2)nc2ccccc12. The number of anilines is 1. The normalized spacial score (nSPS) is 11.5. The van der Waals surface area contributed by atoms with E-state index in [0.29, 0.717) is 17.4 Å². The first-order valence-corrected chi connectivity index (χ1v) is 10.8. The van der Waals surface area contributed by atoms with Crippen LogP contribution >= 0.6 is 0 Å². The zero-order chi connectivity index (χ0) is 21.8. The van der Waals surface area contributed by atoms with Crippen LogP contribution in [0.5, 0.6) is 5.75 Å². The fourth-order valence-electron chi connectivity index (χ4n) is 3.03. The van der Waals surface area contributed by atoms with Crippen LogP contribution in [-0.2, 0) is 10.0 Å². The van der Waals surface area contributed by atoms with E-state index in [2.05, 4.69) is 20.0 Å². The number of aromatic nitrogens is 2. The van der Waals surface area contributed by atoms with E-state index in [-0.39, 0.29) is 23.7 Å². The first-order chi connectivity index (χ1) is 15.0. The van der Waals surface area contributed by atoms with Crippen molar-refractivity contribution in [1.29, 1.82) is 0 Å². The van der Waals surface area contributed by atoms with Gasteiger partial charge in [0.1, 0.15) is 22.3 Å². The number of halogens is 1. The highest BCUT2D eigenvalue weighted by Gasteiger charge is 2.19. The van der Waals surface area contributed by atoms with E-state index in [9.17, 15) is 12.8 Å². The second-order valence-electron chi connectivity index (χ2n) is 6.51. The third-order valence-corrected chi connectivity index (χ3v) is 5.97. The van der Waals surface area contributed by atoms with Gasteiger partial charge in [-0.1, -0.05) is 12.1 Å². The van der Waals surface area contributed by atoms with Crippen LogP contribution in [0.4, 0.5) is 10.2 Å². The molecule has 0 atom stereocenters. The number of nitrogens with one attached hydrogen (secondary N) is 2. The van der Waals surface area contributed by atoms with Crippen LogP contribution in [-0.4, -0.2) is 38.6 Å². The summed E-state index contributed by atoms with van der Waals surface area (Å²) in [6.07, 6.45) is 1.54. The summed E-state index contributed by atoms with van der Waals surface area (Å²) in [6, 6.07) is 14.2. The van der Waals surface area contributed by atoms with Crippen LogP contribution in [0, 0.1) is 5.82 Å². The third kappa shape index (κ3) is 4.49. The Balaban J connectivity index is 1.50. The van der Waals surface area contributed by atoms with Crippen molar-refractivity contribution in [2.75, 3.05) is 25.5 Å². The lowest BCUT2D eigenvalue weighted by Crippen LogP contribution is -2.29. The lowest BCUT2D eigenvalue weighted by atomic mass is 10.2. The number of furan rings is 1. The van der Waals surface area contributed by atoms with E-state index in [1.165, 1.54) is 7.11 Å². The van der Waals surface area contributed by atoms with Crippen LogP contribution in [0.25, 0.3) is 22.5 Å². The maximum atomic E-state index is 13.4. The second-order valence-corrected chi connectivity index (χ2v) is 8.25. The van der Waals surface area contributed by atoms with Gasteiger partial charge in [0.05, 0.1) is 18.9 Å². The van der Waals surface area contributed by atoms with Gasteiger partial charge in [-0.15, -0.1) is 0 Å². The van der Waals surface area contributed by atoms with Gasteiger partial charge in [0.25, 0.3) is 0 Å². The number of hydrogen-bond donors (Lipinski definition) is 2. The molecule has 160 valence electrons. The summed E-state index contributed by atoms with van der Waals surface area (Å²) in [6.45, 7) is 0.318. The average Bonchev–Trinajstić information content (AvgIpc) is 3.31. The topological polar surface area (TPSA) is 106 Å². The van der Waals surface area contributed by atoms with E-state index in [1.54, 1.807) is 18.4 Å². The number of sulfonamides is 1. The molecular weight excluding hydrogens is 423 g/mol. The lowest BCUT2D eigenvalue weighted by Gasteiger charge is -2.12. The fraction of sp³-hybridized carbons (Fsp3) is 0.143. The number of rotatable bonds is 8. The van der Waals surface area contributed by atoms with Gasteiger partial charge in [-0.3, -0.25) is 0 Å². The molecule has 0 spiro atoms. The average molecular weight is 442 g/mol. The van der Waals surface area contributed by atoms with Crippen molar-refractivity contribution >= 4 is 26.7 Å². The number of fused-ring (bicyclic) bond motifs is 1. The van der Waals surface area contributed by atoms with Crippen LogP contribution < -0.4 is 14.8 Å². The summed E-state index contributed by atoms with van der Waals surface area (Å²) in [5, 5.41) is 3.93. The molecule has 0 bridgehead atoms. The molecule has 2 aromatic heterocycles. The second kappa shape index (κ2) is 8.70. The maximum absolute atomic E-state index is 13.4. The van der Waals surface area contributed by atoms with E-state index in [0.717, 1.165) is 29.1 Å². The van der Waals surface area contributed by atoms with Crippen molar-refractivity contribution in [2.45, 2.75) is 4.90 Å². The molecule has 10 heteroatoms. The molecule has 8 nitrogen and oxygen atoms in total. The van der Waals surface area contributed by atoms with Gasteiger partial charge in [0, 0.05) is 24.5 Å². The Bertz CT molecular complexity index is 1310. The van der Waals surface area contributed by atoms with Crippen molar-refractivity contribution in [1.82, 2.24) is 14.7 Å². The summed E-state index contributed by atoms with van der Waals surface area (Å²) in [5.41, 5.74) is 0.725. The molecule has 2 N–H and O–H groups in total. The predicted octanol–water partition coefficient (Wildman–Crippen LogP) is 3.43. The van der Waals surface area contributed by atoms with E-state index in [4.69, 9.17) is 9.15 Å². The van der Waals surface area contributed by atoms with Gasteiger partial charge < -0.3 is 14.5 Å². The number of para-hydroxylation sites is 1. The highest BCUT2D eigenvalue weighted by atomic mass is 32.2. The van der Waals surface area contributed by atoms with E-state index >= 15 is 0 Å². The van der Waals surface area contributed by atoms with Crippen LogP contribution in [0.1, 0.15) is 0 Å². The molecule has 0 amide bonds. The molecule has 0 unspecified atom stereocenters. The molecule has 31 heavy (non-hydrogen) atoms. The molecule has 2 heterocycles. The minimum atomic E-state index is -3.89. The minimum absolute atomic E-state index is 0.0645. The van der Waals surface area contributed by atoms with Crippen molar-refractivity contribution in [3.8, 4) is 17.3 Å². The number of hydrogen-bond acceptors (Lipinski definition) is 7. The van der Waals surface area contributed by atoms with Gasteiger partial charge in [-0.2, -0.15) is 0 Å². The highest BCUT2D eigenvalue weighted by Crippen LogP contribution is 2.26. The molecule has 0 radical (unpaired) electrons. The quantitative estimate of drug-likeness (QED) is 0.403. The smallest absolute Gasteiger partial charge is 0.244 e. The van der Waals surface area contributed by atoms with Gasteiger partial charge in [0.15, 0.2) is 11.6 Å². The Morgan fingerprint density at radius 2 is 1.90 bits per heavy atom. The Morgan fingerprint density at radius 1 is 1.06 bits per heavy atom. The molecule has 0 saturated heterocycles. The largest absolute Gasteiger partial charge is 0.495 e. The summed E-state index contributed by atoms with van der Waals surface area (Å²) in [7, 11) is -2.61. The molecule has 0 aliphatic heterocycles. The Kier molecular flexibility index (Phi) is 5.83. The zero-order valence-corrected chi connectivity index (χ0v) is 17.3. The first kappa shape index (κ1) is 20.8. The van der Waals surface area contributed by atoms with Gasteiger partial charge in [-0.25, -0.2) is 27.5 Å². The number of ether oxygens (including phenoxy) is 1. The summed E-state index contributed by atoms with van der Waals surface area (Å²) < 4.78 is 51.4. The summed E-state index contributed by atoms with van der Waals surface area (Å²) in [4.78, 5) is 8.89. The molecule has 0 aliphatic carbocycles. The standard InChI is InChI=1S/C21H19FN4O4S/c1-29-18-13-14(22)8-9-19(18)31(27,28)24-11-10-23-20-15-5-2-3-6-16(15)25-21(26-20)17-7-4-12-30-17/h2-9,12-13,24H,10-11H2,1H3,(H,23,25,26). The maximum Gasteiger partial charge on any atom is 0.244 e. The van der Waals surface area contributed by atoms with E-state index in [1.807, 2.05) is 24.3 Å². The summed E-state index contributed by atoms with van der Waals surface area (Å²) >= 11 is 0. The van der Waals surface area contributed by atoms with Crippen LogP contribution in [0.2, 0.25) is 0 Å². The molecule has 0 saturated carbocycles. The highest BCUT2D eigenvalue weighted by molar-refractivity contribution is 7.89. The lowest BCUT2D eigenvalue weighted by molar-refractivity contribution is 0.398. The zero-order valence-electron chi connectivity index (χ0n) is 16.5. The van der Waals surface area contributed by atoms with Gasteiger partial charge in [-0.05, 0) is 36.4 Å². The van der Waals surface area contributed by atoms with Crippen molar-refractivity contribution in [3.63, 3.8) is 0 Å². The van der Waals surface area contributed by atoms with Crippen LogP contribution in [0.15, 0.2) is 70.2 Å². The number of methoxy groups -OCH3 is 1. The summed E-state index contributed by atoms with van der Waals surface area (Å²) in [5.74, 6) is 0.849. The van der Waals surface area contributed by atoms with Crippen molar-refractivity contribution in [3.05, 3.63) is 66.7 Å². The minimum Gasteiger partial charge on any atom is -0.495 e. The molecular formula is C21H19FN4O4S. The van der Waals surface area contributed by atoms with Crippen molar-refractivity contribution in [2.24, 2.45) is 0 Å². The number of nitrogens with zero attached hydrogens (tertiary/aromatic N) is 2. The molecule has 4 aromatic rings. The Morgan fingerprint density at radius 3 is 2.68 bits per heavy atom. The van der Waals surface area contributed by atoms with Crippen molar-refractivity contribution < 1.29 is 22.0 Å². The van der Waals surface area contributed by atoms with Gasteiger partial charge >= 0.3 is 0 Å². The molecule has 0 aliphatic rings. The Labute approximate surface area is 178 Å². The third-order valence-electron chi connectivity index (χ3n) is 4.47. The monoisotopic (exact) mass is 442 g/mol. The van der Waals surface area contributed by atoms with E-state index < -0.39 is 15.8 Å². The molecule has 0 fully saturated rings. The first-order valence-electron chi connectivity index (χ1n) is 9.36. The van der Waals surface area contributed by atoms with Gasteiger partial charge in [0.2, 0.25) is 10.0 Å². The Hall–Kier alpha value is -3.50. The molecule has 4 rings (SSSR count). The number of benzene rings is 2. The van der Waals surface area contributed by atoms with Crippen LogP contribution in [0.3, 0.4) is 0 Å². The fourth-order valence-corrected chi connectivity index (χ4v) is 4.22.